The number of likely N-dealkylation sites (tertiary alicyclic amines) is 1. The van der Waals surface area contributed by atoms with Crippen LogP contribution in [0.25, 0.3) is 0 Å². The maximum absolute atomic E-state index is 12.1. The van der Waals surface area contributed by atoms with Crippen LogP contribution in [0.3, 0.4) is 0 Å². The standard InChI is InChI=1S/C17H23NO3/c1-13-7-8-14(2)15(11-13)17(20)21-12-16(19)18-9-5-3-4-6-10-18/h7-8,11H,3-6,9-10,12H2,1-2H3. The molecular formula is C17H23NO3. The van der Waals surface area contributed by atoms with Crippen molar-refractivity contribution in [1.82, 2.24) is 4.90 Å². The van der Waals surface area contributed by atoms with Gasteiger partial charge >= 0.3 is 5.97 Å². The summed E-state index contributed by atoms with van der Waals surface area (Å²) in [6, 6.07) is 5.64. The molecule has 1 aliphatic rings. The fourth-order valence-corrected chi connectivity index (χ4v) is 2.57. The minimum absolute atomic E-state index is 0.0874. The Morgan fingerprint density at radius 1 is 1.10 bits per heavy atom. The molecule has 1 aromatic carbocycles. The second kappa shape index (κ2) is 7.25. The predicted octanol–water partition coefficient (Wildman–Crippen LogP) is 2.86. The lowest BCUT2D eigenvalue weighted by Gasteiger charge is -2.20. The van der Waals surface area contributed by atoms with Crippen molar-refractivity contribution < 1.29 is 14.3 Å². The zero-order chi connectivity index (χ0) is 15.2. The van der Waals surface area contributed by atoms with Gasteiger partial charge in [0.2, 0.25) is 0 Å². The molecule has 2 rings (SSSR count). The number of esters is 1. The van der Waals surface area contributed by atoms with Crippen molar-refractivity contribution in [3.8, 4) is 0 Å². The van der Waals surface area contributed by atoms with Crippen LogP contribution >= 0.6 is 0 Å². The molecule has 114 valence electrons. The molecule has 0 unspecified atom stereocenters. The van der Waals surface area contributed by atoms with Crippen LogP contribution in [0.2, 0.25) is 0 Å². The summed E-state index contributed by atoms with van der Waals surface area (Å²) in [5.74, 6) is -0.505. The molecule has 4 nitrogen and oxygen atoms in total. The zero-order valence-electron chi connectivity index (χ0n) is 12.9. The minimum atomic E-state index is -0.417. The molecule has 0 bridgehead atoms. The molecule has 0 atom stereocenters. The quantitative estimate of drug-likeness (QED) is 0.804. The molecule has 0 N–H and O–H groups in total. The van der Waals surface area contributed by atoms with Gasteiger partial charge in [0.25, 0.3) is 5.91 Å². The molecule has 0 saturated carbocycles. The van der Waals surface area contributed by atoms with E-state index in [9.17, 15) is 9.59 Å². The highest BCUT2D eigenvalue weighted by molar-refractivity contribution is 5.92. The second-order valence-electron chi connectivity index (χ2n) is 5.69. The fraction of sp³-hybridized carbons (Fsp3) is 0.529. The van der Waals surface area contributed by atoms with Gasteiger partial charge in [-0.15, -0.1) is 0 Å². The van der Waals surface area contributed by atoms with Crippen molar-refractivity contribution in [3.63, 3.8) is 0 Å². The van der Waals surface area contributed by atoms with Crippen LogP contribution in [0.1, 0.15) is 47.2 Å². The zero-order valence-corrected chi connectivity index (χ0v) is 12.9. The molecule has 0 radical (unpaired) electrons. The van der Waals surface area contributed by atoms with Gasteiger partial charge in [-0.3, -0.25) is 4.79 Å². The summed E-state index contributed by atoms with van der Waals surface area (Å²) in [6.45, 7) is 5.19. The van der Waals surface area contributed by atoms with Crippen molar-refractivity contribution in [2.24, 2.45) is 0 Å². The first-order valence-electron chi connectivity index (χ1n) is 7.60. The van der Waals surface area contributed by atoms with Crippen molar-refractivity contribution in [3.05, 3.63) is 34.9 Å². The molecule has 0 spiro atoms. The molecule has 1 saturated heterocycles. The van der Waals surface area contributed by atoms with E-state index in [2.05, 4.69) is 0 Å². The number of aryl methyl sites for hydroxylation is 2. The minimum Gasteiger partial charge on any atom is -0.452 e. The summed E-state index contributed by atoms with van der Waals surface area (Å²) in [5, 5.41) is 0. The number of rotatable bonds is 3. The highest BCUT2D eigenvalue weighted by Crippen LogP contribution is 2.13. The Balaban J connectivity index is 1.91. The highest BCUT2D eigenvalue weighted by Gasteiger charge is 2.18. The molecule has 1 aliphatic heterocycles. The van der Waals surface area contributed by atoms with E-state index in [1.807, 2.05) is 30.9 Å². The third kappa shape index (κ3) is 4.31. The molecule has 0 aliphatic carbocycles. The fourth-order valence-electron chi connectivity index (χ4n) is 2.57. The van der Waals surface area contributed by atoms with E-state index in [4.69, 9.17) is 4.74 Å². The Labute approximate surface area is 126 Å². The Kier molecular flexibility index (Phi) is 5.37. The number of benzene rings is 1. The number of hydrogen-bond acceptors (Lipinski definition) is 3. The largest absolute Gasteiger partial charge is 0.452 e. The number of ether oxygens (including phenoxy) is 1. The number of carbonyl (C=O) groups excluding carboxylic acids is 2. The van der Waals surface area contributed by atoms with Crippen molar-refractivity contribution >= 4 is 11.9 Å². The number of amides is 1. The SMILES string of the molecule is Cc1ccc(C)c(C(=O)OCC(=O)N2CCCCCC2)c1. The molecule has 1 heterocycles. The van der Waals surface area contributed by atoms with Gasteiger partial charge in [0.1, 0.15) is 0 Å². The van der Waals surface area contributed by atoms with Crippen LogP contribution < -0.4 is 0 Å². The van der Waals surface area contributed by atoms with E-state index in [-0.39, 0.29) is 12.5 Å². The van der Waals surface area contributed by atoms with E-state index in [0.29, 0.717) is 5.56 Å². The summed E-state index contributed by atoms with van der Waals surface area (Å²) in [7, 11) is 0. The summed E-state index contributed by atoms with van der Waals surface area (Å²) < 4.78 is 5.19. The van der Waals surface area contributed by atoms with Crippen LogP contribution in [0, 0.1) is 13.8 Å². The summed E-state index contributed by atoms with van der Waals surface area (Å²) >= 11 is 0. The normalized spacial score (nSPS) is 15.4. The Morgan fingerprint density at radius 3 is 2.43 bits per heavy atom. The number of hydrogen-bond donors (Lipinski definition) is 0. The van der Waals surface area contributed by atoms with Gasteiger partial charge in [-0.1, -0.05) is 30.5 Å². The first-order chi connectivity index (χ1) is 10.1. The van der Waals surface area contributed by atoms with Crippen LogP contribution in [0.4, 0.5) is 0 Å². The lowest BCUT2D eigenvalue weighted by molar-refractivity contribution is -0.134. The van der Waals surface area contributed by atoms with Crippen LogP contribution in [0.5, 0.6) is 0 Å². The molecule has 1 aromatic rings. The lowest BCUT2D eigenvalue weighted by atomic mass is 10.1. The van der Waals surface area contributed by atoms with Gasteiger partial charge in [0.05, 0.1) is 5.56 Å². The maximum Gasteiger partial charge on any atom is 0.338 e. The number of nitrogens with zero attached hydrogens (tertiary/aromatic N) is 1. The van der Waals surface area contributed by atoms with E-state index in [0.717, 1.165) is 37.1 Å². The molecule has 1 amide bonds. The molecule has 4 heteroatoms. The van der Waals surface area contributed by atoms with Gasteiger partial charge in [-0.2, -0.15) is 0 Å². The average molecular weight is 289 g/mol. The first-order valence-corrected chi connectivity index (χ1v) is 7.60. The summed E-state index contributed by atoms with van der Waals surface area (Å²) in [5.41, 5.74) is 2.41. The van der Waals surface area contributed by atoms with Gasteiger partial charge in [0, 0.05) is 13.1 Å². The monoisotopic (exact) mass is 289 g/mol. The number of carbonyl (C=O) groups is 2. The third-order valence-corrected chi connectivity index (χ3v) is 3.90. The Bertz CT molecular complexity index is 517. The summed E-state index contributed by atoms with van der Waals surface area (Å²) in [4.78, 5) is 26.0. The average Bonchev–Trinajstić information content (AvgIpc) is 2.76. The molecule has 21 heavy (non-hydrogen) atoms. The maximum atomic E-state index is 12.1. The molecule has 1 fully saturated rings. The van der Waals surface area contributed by atoms with Crippen molar-refractivity contribution in [2.45, 2.75) is 39.5 Å². The third-order valence-electron chi connectivity index (χ3n) is 3.90. The Hall–Kier alpha value is -1.84. The van der Waals surface area contributed by atoms with Crippen LogP contribution in [-0.2, 0) is 9.53 Å². The Morgan fingerprint density at radius 2 is 1.76 bits per heavy atom. The van der Waals surface area contributed by atoms with Gasteiger partial charge in [-0.05, 0) is 38.3 Å². The molecule has 0 aromatic heterocycles. The van der Waals surface area contributed by atoms with E-state index in [1.54, 1.807) is 6.07 Å². The van der Waals surface area contributed by atoms with E-state index in [1.165, 1.54) is 12.8 Å². The van der Waals surface area contributed by atoms with Gasteiger partial charge in [-0.25, -0.2) is 4.79 Å². The van der Waals surface area contributed by atoms with Crippen molar-refractivity contribution in [2.75, 3.05) is 19.7 Å². The predicted molar refractivity (Wildman–Crippen MR) is 81.2 cm³/mol. The lowest BCUT2D eigenvalue weighted by Crippen LogP contribution is -2.35. The smallest absolute Gasteiger partial charge is 0.338 e. The summed E-state index contributed by atoms with van der Waals surface area (Å²) in [6.07, 6.45) is 4.42. The second-order valence-corrected chi connectivity index (χ2v) is 5.69. The first kappa shape index (κ1) is 15.5. The topological polar surface area (TPSA) is 46.6 Å². The van der Waals surface area contributed by atoms with E-state index < -0.39 is 5.97 Å². The van der Waals surface area contributed by atoms with Crippen LogP contribution in [0.15, 0.2) is 18.2 Å². The molecular weight excluding hydrogens is 266 g/mol. The van der Waals surface area contributed by atoms with Gasteiger partial charge in [0.15, 0.2) is 6.61 Å². The van der Waals surface area contributed by atoms with E-state index >= 15 is 0 Å². The highest BCUT2D eigenvalue weighted by atomic mass is 16.5. The van der Waals surface area contributed by atoms with Crippen LogP contribution in [-0.4, -0.2) is 36.5 Å². The van der Waals surface area contributed by atoms with Gasteiger partial charge < -0.3 is 9.64 Å². The van der Waals surface area contributed by atoms with Crippen molar-refractivity contribution in [1.29, 1.82) is 0 Å².